The molecule has 0 bridgehead atoms. The van der Waals surface area contributed by atoms with Crippen LogP contribution in [0.25, 0.3) is 43.2 Å². The molecule has 1 fully saturated rings. The van der Waals surface area contributed by atoms with E-state index in [9.17, 15) is 19.4 Å². The van der Waals surface area contributed by atoms with Crippen LogP contribution < -0.4 is 23.4 Å². The summed E-state index contributed by atoms with van der Waals surface area (Å²) >= 11 is 8.50. The standard InChI is InChI=1S/C54H60ClFN6O8SSi/c1-33-40(18-20-44(48(33)55)68-39(30-63)29-62-25-23-61(5)24-26-62)46-47-51(58-32-59-52(47)71-49(46)34-13-15-36(56)16-14-34)69-45(53(64)65)28-35-27-38(70-72(7,8)54(2,3)4)17-19-42(35)67-31-37-21-22-57-50(60-37)41-11-9-10-12-43(41)66-6/h9-22,27,32,39,45,63H,23-26,28-31H2,1-8H3,(H,64,65)/t39-,45?/m1/s1. The van der Waals surface area contributed by atoms with Crippen LogP contribution >= 0.6 is 22.9 Å². The summed E-state index contributed by atoms with van der Waals surface area (Å²) in [6.07, 6.45) is 0.831. The lowest BCUT2D eigenvalue weighted by atomic mass is 9.96. The number of hydrogen-bond acceptors (Lipinski definition) is 14. The molecule has 2 N–H and O–H groups in total. The van der Waals surface area contributed by atoms with Crippen molar-refractivity contribution < 1.29 is 42.8 Å². The molecule has 0 saturated carbocycles. The number of ether oxygens (including phenoxy) is 4. The Morgan fingerprint density at radius 1 is 0.917 bits per heavy atom. The number of thiophene rings is 1. The summed E-state index contributed by atoms with van der Waals surface area (Å²) in [5.74, 6) is 0.862. The molecule has 1 aliphatic heterocycles. The van der Waals surface area contributed by atoms with Crippen molar-refractivity contribution >= 4 is 47.4 Å². The SMILES string of the molecule is COc1ccccc1-c1nccc(COc2ccc(O[Si](C)(C)C(C)(C)C)cc2CC(Oc2ncnc3sc(-c4ccc(F)cc4)c(-c4ccc(O[C@@H](CO)CN5CCN(C)CC5)c(Cl)c4C)c23)C(=O)O)n1. The van der Waals surface area contributed by atoms with Gasteiger partial charge in [0.1, 0.15) is 52.7 Å². The van der Waals surface area contributed by atoms with Crippen LogP contribution in [0.3, 0.4) is 0 Å². The van der Waals surface area contributed by atoms with Gasteiger partial charge in [-0.25, -0.2) is 29.1 Å². The summed E-state index contributed by atoms with van der Waals surface area (Å²) in [5.41, 5.74) is 4.47. The minimum Gasteiger partial charge on any atom is -0.543 e. The zero-order valence-electron chi connectivity index (χ0n) is 41.7. The highest BCUT2D eigenvalue weighted by Gasteiger charge is 2.39. The minimum atomic E-state index is -2.34. The molecule has 3 aromatic heterocycles. The van der Waals surface area contributed by atoms with Gasteiger partial charge in [-0.3, -0.25) is 4.90 Å². The Morgan fingerprint density at radius 2 is 1.65 bits per heavy atom. The monoisotopic (exact) mass is 1030 g/mol. The molecule has 4 aromatic carbocycles. The first-order valence-corrected chi connectivity index (χ1v) is 27.8. The van der Waals surface area contributed by atoms with Gasteiger partial charge in [-0.1, -0.05) is 62.7 Å². The number of rotatable bonds is 19. The lowest BCUT2D eigenvalue weighted by Crippen LogP contribution is -2.48. The quantitative estimate of drug-likeness (QED) is 0.0736. The molecule has 2 atom stereocenters. The van der Waals surface area contributed by atoms with Gasteiger partial charge < -0.3 is 38.5 Å². The fourth-order valence-electron chi connectivity index (χ4n) is 8.18. The van der Waals surface area contributed by atoms with E-state index in [2.05, 4.69) is 65.7 Å². The van der Waals surface area contributed by atoms with Gasteiger partial charge in [0.05, 0.1) is 35.4 Å². The van der Waals surface area contributed by atoms with Crippen LogP contribution in [0.2, 0.25) is 23.2 Å². The summed E-state index contributed by atoms with van der Waals surface area (Å²) in [6.45, 7) is 16.5. The van der Waals surface area contributed by atoms with E-state index < -0.39 is 32.3 Å². The second-order valence-electron chi connectivity index (χ2n) is 19.4. The van der Waals surface area contributed by atoms with E-state index in [4.69, 9.17) is 40.0 Å². The minimum absolute atomic E-state index is 0.0244. The first kappa shape index (κ1) is 52.1. The van der Waals surface area contributed by atoms with Crippen molar-refractivity contribution in [2.45, 2.75) is 71.1 Å². The van der Waals surface area contributed by atoms with Crippen molar-refractivity contribution in [3.05, 3.63) is 125 Å². The summed E-state index contributed by atoms with van der Waals surface area (Å²) in [7, 11) is 1.34. The average Bonchev–Trinajstić information content (AvgIpc) is 3.75. The highest BCUT2D eigenvalue weighted by atomic mass is 35.5. The lowest BCUT2D eigenvalue weighted by molar-refractivity contribution is -0.145. The average molecular weight is 1040 g/mol. The zero-order chi connectivity index (χ0) is 51.3. The number of likely N-dealkylation sites (N-methyl/N-ethyl adjacent to an activating group) is 1. The van der Waals surface area contributed by atoms with Crippen LogP contribution in [-0.2, 0) is 17.8 Å². The van der Waals surface area contributed by atoms with Crippen LogP contribution in [-0.4, -0.2) is 120 Å². The van der Waals surface area contributed by atoms with Crippen molar-refractivity contribution in [2.24, 2.45) is 0 Å². The van der Waals surface area contributed by atoms with E-state index in [1.54, 1.807) is 43.6 Å². The number of aliphatic hydroxyl groups excluding tert-OH is 1. The van der Waals surface area contributed by atoms with Gasteiger partial charge in [0.25, 0.3) is 0 Å². The Hall–Kier alpha value is -6.21. The number of aliphatic hydroxyl groups is 1. The topological polar surface area (TPSA) is 162 Å². The number of aromatic nitrogens is 4. The van der Waals surface area contributed by atoms with Gasteiger partial charge in [0, 0.05) is 61.3 Å². The normalized spacial score (nSPS) is 14.5. The number of benzene rings is 4. The summed E-state index contributed by atoms with van der Waals surface area (Å²) < 4.78 is 46.1. The first-order chi connectivity index (χ1) is 34.4. The second-order valence-corrected chi connectivity index (χ2v) is 25.5. The van der Waals surface area contributed by atoms with E-state index >= 15 is 0 Å². The molecule has 1 saturated heterocycles. The van der Waals surface area contributed by atoms with E-state index in [-0.39, 0.29) is 30.6 Å². The third kappa shape index (κ3) is 11.8. The van der Waals surface area contributed by atoms with Gasteiger partial charge >= 0.3 is 5.97 Å². The summed E-state index contributed by atoms with van der Waals surface area (Å²) in [5, 5.41) is 22.0. The molecule has 1 aliphatic rings. The molecule has 0 spiro atoms. The Bertz CT molecular complexity index is 3040. The number of carboxylic acids is 1. The molecule has 4 heterocycles. The molecule has 14 nitrogen and oxygen atoms in total. The molecule has 1 unspecified atom stereocenters. The van der Waals surface area contributed by atoms with Gasteiger partial charge in [-0.2, -0.15) is 0 Å². The molecule has 0 amide bonds. The Labute approximate surface area is 429 Å². The molecule has 0 aliphatic carbocycles. The Kier molecular flexibility index (Phi) is 16.1. The fraction of sp³-hybridized carbons (Fsp3) is 0.352. The van der Waals surface area contributed by atoms with Gasteiger partial charge in [-0.05, 0) is 103 Å². The van der Waals surface area contributed by atoms with E-state index in [0.29, 0.717) is 89.0 Å². The molecule has 378 valence electrons. The molecule has 0 radical (unpaired) electrons. The number of carboxylic acid groups (broad SMARTS) is 1. The highest BCUT2D eigenvalue weighted by molar-refractivity contribution is 7.22. The molecule has 7 aromatic rings. The van der Waals surface area contributed by atoms with Crippen molar-refractivity contribution in [1.82, 2.24) is 29.7 Å². The number of piperazine rings is 1. The number of para-hydroxylation sites is 1. The zero-order valence-corrected chi connectivity index (χ0v) is 44.3. The Morgan fingerprint density at radius 3 is 2.36 bits per heavy atom. The summed E-state index contributed by atoms with van der Waals surface area (Å²) in [4.78, 5) is 37.7. The smallest absolute Gasteiger partial charge is 0.345 e. The number of carbonyl (C=O) groups is 1. The largest absolute Gasteiger partial charge is 0.543 e. The molecule has 8 rings (SSSR count). The van der Waals surface area contributed by atoms with E-state index in [1.165, 1.54) is 29.8 Å². The number of fused-ring (bicyclic) bond motifs is 1. The predicted octanol–water partition coefficient (Wildman–Crippen LogP) is 10.6. The molecular weight excluding hydrogens is 975 g/mol. The van der Waals surface area contributed by atoms with Gasteiger partial charge in [0.2, 0.25) is 20.3 Å². The maximum absolute atomic E-state index is 14.4. The predicted molar refractivity (Wildman–Crippen MR) is 282 cm³/mol. The molecule has 18 heteroatoms. The van der Waals surface area contributed by atoms with Crippen molar-refractivity contribution in [2.75, 3.05) is 53.5 Å². The highest BCUT2D eigenvalue weighted by Crippen LogP contribution is 2.50. The number of aliphatic carboxylic acids is 1. The number of hydrogen-bond donors (Lipinski definition) is 2. The first-order valence-electron chi connectivity index (χ1n) is 23.7. The molecule has 72 heavy (non-hydrogen) atoms. The van der Waals surface area contributed by atoms with Crippen LogP contribution in [0.4, 0.5) is 4.39 Å². The maximum atomic E-state index is 14.4. The summed E-state index contributed by atoms with van der Waals surface area (Å²) in [6, 6.07) is 24.4. The Balaban J connectivity index is 1.15. The number of nitrogens with zero attached hydrogens (tertiary/aromatic N) is 6. The van der Waals surface area contributed by atoms with Crippen molar-refractivity contribution in [3.63, 3.8) is 0 Å². The molecular formula is C54H60ClFN6O8SSi. The fourth-order valence-corrected chi connectivity index (χ4v) is 10.6. The maximum Gasteiger partial charge on any atom is 0.345 e. The van der Waals surface area contributed by atoms with Crippen molar-refractivity contribution in [3.8, 4) is 61.8 Å². The van der Waals surface area contributed by atoms with E-state index in [0.717, 1.165) is 31.7 Å². The third-order valence-electron chi connectivity index (χ3n) is 13.3. The van der Waals surface area contributed by atoms with E-state index in [1.807, 2.05) is 49.4 Å². The van der Waals surface area contributed by atoms with Gasteiger partial charge in [0.15, 0.2) is 5.82 Å². The van der Waals surface area contributed by atoms with Gasteiger partial charge in [-0.15, -0.1) is 11.3 Å². The lowest BCUT2D eigenvalue weighted by Gasteiger charge is -2.36. The van der Waals surface area contributed by atoms with Crippen LogP contribution in [0, 0.1) is 12.7 Å². The number of methoxy groups -OCH3 is 1. The second kappa shape index (κ2) is 22.3. The third-order valence-corrected chi connectivity index (χ3v) is 19.3. The van der Waals surface area contributed by atoms with Crippen LogP contribution in [0.1, 0.15) is 37.6 Å². The van der Waals surface area contributed by atoms with Crippen LogP contribution in [0.15, 0.2) is 97.5 Å². The van der Waals surface area contributed by atoms with Crippen molar-refractivity contribution in [1.29, 1.82) is 0 Å². The number of halogens is 2. The van der Waals surface area contributed by atoms with Crippen LogP contribution in [0.5, 0.6) is 28.9 Å².